The van der Waals surface area contributed by atoms with Crippen molar-refractivity contribution in [1.29, 1.82) is 0 Å². The summed E-state index contributed by atoms with van der Waals surface area (Å²) in [6.45, 7) is 0. The van der Waals surface area contributed by atoms with Gasteiger partial charge in [-0.25, -0.2) is 13.4 Å². The molecule has 0 saturated carbocycles. The zero-order chi connectivity index (χ0) is 19.8. The highest BCUT2D eigenvalue weighted by Crippen LogP contribution is 2.31. The summed E-state index contributed by atoms with van der Waals surface area (Å²) in [6, 6.07) is 9.20. The summed E-state index contributed by atoms with van der Waals surface area (Å²) in [5.41, 5.74) is -0.0249. The number of anilines is 2. The van der Waals surface area contributed by atoms with E-state index in [1.165, 1.54) is 35.6 Å². The molecule has 0 amide bonds. The van der Waals surface area contributed by atoms with Gasteiger partial charge in [0, 0.05) is 11.9 Å². The van der Waals surface area contributed by atoms with Gasteiger partial charge in [-0.1, -0.05) is 17.4 Å². The fourth-order valence-corrected chi connectivity index (χ4v) is 4.13. The van der Waals surface area contributed by atoms with Crippen LogP contribution in [0.25, 0.3) is 10.2 Å². The maximum absolute atomic E-state index is 12.8. The first kappa shape index (κ1) is 19.5. The Bertz CT molecular complexity index is 1120. The molecule has 27 heavy (non-hydrogen) atoms. The zero-order valence-electron chi connectivity index (χ0n) is 13.7. The van der Waals surface area contributed by atoms with Gasteiger partial charge in [-0.3, -0.25) is 0 Å². The number of sulfone groups is 1. The van der Waals surface area contributed by atoms with Crippen LogP contribution in [0.4, 0.5) is 24.0 Å². The Balaban J connectivity index is 1.76. The number of thiazole rings is 1. The fourth-order valence-electron chi connectivity index (χ4n) is 2.22. The smallest absolute Gasteiger partial charge is 0.332 e. The predicted octanol–water partition coefficient (Wildman–Crippen LogP) is 4.53. The molecular formula is C16H12F3N3O2S3. The molecule has 3 aromatic rings. The standard InChI is InChI=1S/C16H12F3N3O2S3/c1-27(23,24)11-5-6-12-13(8-11)26-15(21-12)22-14(25)20-10-4-2-3-9(7-10)16(17,18)19/h2-8H,1H3,(H2,20,21,22,25). The molecule has 5 nitrogen and oxygen atoms in total. The van der Waals surface area contributed by atoms with Crippen LogP contribution in [0.5, 0.6) is 0 Å². The van der Waals surface area contributed by atoms with Gasteiger partial charge >= 0.3 is 6.18 Å². The van der Waals surface area contributed by atoms with Gasteiger partial charge in [0.25, 0.3) is 0 Å². The number of hydrogen-bond acceptors (Lipinski definition) is 5. The van der Waals surface area contributed by atoms with Gasteiger partial charge in [0.1, 0.15) is 0 Å². The van der Waals surface area contributed by atoms with Gasteiger partial charge < -0.3 is 10.6 Å². The molecule has 1 aromatic heterocycles. The van der Waals surface area contributed by atoms with Crippen LogP contribution in [0.15, 0.2) is 47.4 Å². The largest absolute Gasteiger partial charge is 0.416 e. The lowest BCUT2D eigenvalue weighted by Crippen LogP contribution is -2.19. The summed E-state index contributed by atoms with van der Waals surface area (Å²) in [7, 11) is -3.34. The number of nitrogens with one attached hydrogen (secondary N) is 2. The zero-order valence-corrected chi connectivity index (χ0v) is 16.1. The van der Waals surface area contributed by atoms with Crippen LogP contribution < -0.4 is 10.6 Å². The second-order valence-corrected chi connectivity index (χ2v) is 9.03. The molecule has 0 aliphatic heterocycles. The van der Waals surface area contributed by atoms with Crippen molar-refractivity contribution < 1.29 is 21.6 Å². The summed E-state index contributed by atoms with van der Waals surface area (Å²) < 4.78 is 62.2. The van der Waals surface area contributed by atoms with Gasteiger partial charge in [0.15, 0.2) is 20.1 Å². The molecule has 0 aliphatic rings. The molecule has 0 unspecified atom stereocenters. The van der Waals surface area contributed by atoms with Crippen LogP contribution in [0.2, 0.25) is 0 Å². The topological polar surface area (TPSA) is 71.1 Å². The van der Waals surface area contributed by atoms with E-state index >= 15 is 0 Å². The number of benzene rings is 2. The number of rotatable bonds is 3. The van der Waals surface area contributed by atoms with Gasteiger partial charge in [-0.05, 0) is 48.6 Å². The fraction of sp³-hybridized carbons (Fsp3) is 0.125. The van der Waals surface area contributed by atoms with Crippen molar-refractivity contribution >= 4 is 59.5 Å². The number of nitrogens with zero attached hydrogens (tertiary/aromatic N) is 1. The van der Waals surface area contributed by atoms with Crippen molar-refractivity contribution in [2.75, 3.05) is 16.9 Å². The van der Waals surface area contributed by atoms with Crippen LogP contribution in [-0.4, -0.2) is 24.8 Å². The van der Waals surface area contributed by atoms with Crippen LogP contribution in [-0.2, 0) is 16.0 Å². The van der Waals surface area contributed by atoms with E-state index in [1.54, 1.807) is 6.07 Å². The second kappa shape index (κ2) is 7.06. The van der Waals surface area contributed by atoms with Crippen molar-refractivity contribution in [3.05, 3.63) is 48.0 Å². The highest BCUT2D eigenvalue weighted by atomic mass is 32.2. The van der Waals surface area contributed by atoms with Crippen molar-refractivity contribution in [3.63, 3.8) is 0 Å². The van der Waals surface area contributed by atoms with Gasteiger partial charge in [0.05, 0.1) is 20.7 Å². The third-order valence-corrected chi connectivity index (χ3v) is 5.70. The number of hydrogen-bond donors (Lipinski definition) is 2. The average Bonchev–Trinajstić information content (AvgIpc) is 2.94. The third kappa shape index (κ3) is 4.73. The lowest BCUT2D eigenvalue weighted by atomic mass is 10.2. The molecule has 0 aliphatic carbocycles. The quantitative estimate of drug-likeness (QED) is 0.594. The summed E-state index contributed by atoms with van der Waals surface area (Å²) in [4.78, 5) is 4.46. The van der Waals surface area contributed by atoms with Crippen LogP contribution in [0.1, 0.15) is 5.56 Å². The molecular weight excluding hydrogens is 419 g/mol. The van der Waals surface area contributed by atoms with Crippen LogP contribution in [0, 0.1) is 0 Å². The molecule has 0 bridgehead atoms. The Kier molecular flexibility index (Phi) is 5.10. The lowest BCUT2D eigenvalue weighted by molar-refractivity contribution is -0.137. The molecule has 1 heterocycles. The molecule has 3 rings (SSSR count). The normalized spacial score (nSPS) is 12.1. The summed E-state index contributed by atoms with van der Waals surface area (Å²) in [5.74, 6) is 0. The van der Waals surface area contributed by atoms with Crippen LogP contribution in [0.3, 0.4) is 0 Å². The minimum atomic E-state index is -4.45. The molecule has 0 atom stereocenters. The van der Waals surface area contributed by atoms with E-state index in [0.717, 1.165) is 18.4 Å². The van der Waals surface area contributed by atoms with E-state index in [0.29, 0.717) is 15.3 Å². The third-order valence-electron chi connectivity index (χ3n) is 3.46. The number of fused-ring (bicyclic) bond motifs is 1. The maximum Gasteiger partial charge on any atom is 0.416 e. The van der Waals surface area contributed by atoms with Crippen molar-refractivity contribution in [2.45, 2.75) is 11.1 Å². The summed E-state index contributed by atoms with van der Waals surface area (Å²) in [5, 5.41) is 5.92. The van der Waals surface area contributed by atoms with Crippen molar-refractivity contribution in [1.82, 2.24) is 4.98 Å². The van der Waals surface area contributed by atoms with Gasteiger partial charge in [-0.15, -0.1) is 0 Å². The highest BCUT2D eigenvalue weighted by molar-refractivity contribution is 7.90. The predicted molar refractivity (Wildman–Crippen MR) is 104 cm³/mol. The van der Waals surface area contributed by atoms with E-state index < -0.39 is 21.6 Å². The van der Waals surface area contributed by atoms with E-state index in [9.17, 15) is 21.6 Å². The highest BCUT2D eigenvalue weighted by Gasteiger charge is 2.30. The molecule has 0 fully saturated rings. The Hall–Kier alpha value is -2.24. The molecule has 2 N–H and O–H groups in total. The average molecular weight is 431 g/mol. The molecule has 0 spiro atoms. The molecule has 11 heteroatoms. The van der Waals surface area contributed by atoms with Crippen molar-refractivity contribution in [3.8, 4) is 0 Å². The van der Waals surface area contributed by atoms with E-state index in [2.05, 4.69) is 15.6 Å². The second-order valence-electron chi connectivity index (χ2n) is 5.58. The Morgan fingerprint density at radius 3 is 2.56 bits per heavy atom. The maximum atomic E-state index is 12.8. The van der Waals surface area contributed by atoms with E-state index in [1.807, 2.05) is 0 Å². The van der Waals surface area contributed by atoms with Crippen LogP contribution >= 0.6 is 23.6 Å². The first-order valence-corrected chi connectivity index (χ1v) is 10.5. The number of halogens is 3. The van der Waals surface area contributed by atoms with Gasteiger partial charge in [-0.2, -0.15) is 13.2 Å². The van der Waals surface area contributed by atoms with Crippen molar-refractivity contribution in [2.24, 2.45) is 0 Å². The Morgan fingerprint density at radius 2 is 1.89 bits per heavy atom. The first-order chi connectivity index (χ1) is 12.5. The summed E-state index contributed by atoms with van der Waals surface area (Å²) >= 11 is 6.29. The molecule has 142 valence electrons. The SMILES string of the molecule is CS(=O)(=O)c1ccc2nc(NC(=S)Nc3cccc(C(F)(F)F)c3)sc2c1. The van der Waals surface area contributed by atoms with E-state index in [-0.39, 0.29) is 15.7 Å². The number of aromatic nitrogens is 1. The summed E-state index contributed by atoms with van der Waals surface area (Å²) in [6.07, 6.45) is -3.33. The Morgan fingerprint density at radius 1 is 1.15 bits per heavy atom. The lowest BCUT2D eigenvalue weighted by Gasteiger charge is -2.11. The minimum absolute atomic E-state index is 0.0664. The molecule has 0 radical (unpaired) electrons. The Labute approximate surface area is 162 Å². The minimum Gasteiger partial charge on any atom is -0.332 e. The van der Waals surface area contributed by atoms with Gasteiger partial charge in [0.2, 0.25) is 0 Å². The number of thiocarbonyl (C=S) groups is 1. The molecule has 2 aromatic carbocycles. The first-order valence-electron chi connectivity index (χ1n) is 7.38. The molecule has 0 saturated heterocycles. The van der Waals surface area contributed by atoms with E-state index in [4.69, 9.17) is 12.2 Å². The number of alkyl halides is 3. The monoisotopic (exact) mass is 431 g/mol.